The van der Waals surface area contributed by atoms with Gasteiger partial charge in [-0.1, -0.05) is 6.07 Å². The van der Waals surface area contributed by atoms with E-state index in [4.69, 9.17) is 4.74 Å². The van der Waals surface area contributed by atoms with Gasteiger partial charge in [-0.3, -0.25) is 0 Å². The van der Waals surface area contributed by atoms with Gasteiger partial charge < -0.3 is 14.5 Å². The molecule has 5 nitrogen and oxygen atoms in total. The van der Waals surface area contributed by atoms with Crippen LogP contribution in [0.2, 0.25) is 0 Å². The highest BCUT2D eigenvalue weighted by Gasteiger charge is 2.34. The van der Waals surface area contributed by atoms with Gasteiger partial charge in [0, 0.05) is 31.4 Å². The Kier molecular flexibility index (Phi) is 4.97. The third kappa shape index (κ3) is 3.82. The van der Waals surface area contributed by atoms with Gasteiger partial charge in [0.1, 0.15) is 11.4 Å². The molecule has 0 aromatic carbocycles. The quantitative estimate of drug-likeness (QED) is 0.817. The summed E-state index contributed by atoms with van der Waals surface area (Å²) in [6, 6.07) is 4.18. The zero-order valence-electron chi connectivity index (χ0n) is 15.1. The number of carbonyl (C=O) groups excluding carboxylic acids is 1. The van der Waals surface area contributed by atoms with Crippen molar-refractivity contribution in [3.63, 3.8) is 0 Å². The predicted molar refractivity (Wildman–Crippen MR) is 95.2 cm³/mol. The van der Waals surface area contributed by atoms with Gasteiger partial charge in [-0.15, -0.1) is 0 Å². The molecule has 2 aliphatic rings. The maximum atomic E-state index is 12.7. The molecule has 2 saturated heterocycles. The summed E-state index contributed by atoms with van der Waals surface area (Å²) >= 11 is 0. The lowest BCUT2D eigenvalue weighted by Crippen LogP contribution is -2.42. The molecule has 24 heavy (non-hydrogen) atoms. The van der Waals surface area contributed by atoms with E-state index < -0.39 is 5.60 Å². The number of hydrogen-bond donors (Lipinski definition) is 0. The summed E-state index contributed by atoms with van der Waals surface area (Å²) in [7, 11) is 0. The van der Waals surface area contributed by atoms with E-state index in [-0.39, 0.29) is 12.1 Å². The van der Waals surface area contributed by atoms with Gasteiger partial charge in [0.15, 0.2) is 0 Å². The average Bonchev–Trinajstić information content (AvgIpc) is 3.07. The van der Waals surface area contributed by atoms with E-state index in [9.17, 15) is 4.79 Å². The van der Waals surface area contributed by atoms with Crippen LogP contribution in [0.4, 0.5) is 10.6 Å². The van der Waals surface area contributed by atoms with Gasteiger partial charge in [0.05, 0.1) is 6.04 Å². The van der Waals surface area contributed by atoms with Crippen LogP contribution in [0.25, 0.3) is 0 Å². The third-order valence-electron chi connectivity index (χ3n) is 4.71. The Hall–Kier alpha value is -1.78. The lowest BCUT2D eigenvalue weighted by molar-refractivity contribution is 0.00954. The van der Waals surface area contributed by atoms with Gasteiger partial charge in [0.25, 0.3) is 0 Å². The smallest absolute Gasteiger partial charge is 0.410 e. The van der Waals surface area contributed by atoms with E-state index >= 15 is 0 Å². The number of pyridine rings is 1. The first kappa shape index (κ1) is 17.1. The van der Waals surface area contributed by atoms with Crippen molar-refractivity contribution in [3.05, 3.63) is 23.9 Å². The minimum Gasteiger partial charge on any atom is -0.444 e. The molecule has 0 bridgehead atoms. The Morgan fingerprint density at radius 1 is 1.17 bits per heavy atom. The van der Waals surface area contributed by atoms with Crippen LogP contribution in [0.3, 0.4) is 0 Å². The number of ether oxygens (including phenoxy) is 1. The molecule has 1 aromatic rings. The molecule has 0 N–H and O–H groups in total. The molecule has 5 heteroatoms. The van der Waals surface area contributed by atoms with E-state index in [0.717, 1.165) is 44.7 Å². The Morgan fingerprint density at radius 3 is 2.58 bits per heavy atom. The fourth-order valence-electron chi connectivity index (χ4n) is 3.66. The molecule has 2 fully saturated rings. The minimum atomic E-state index is -0.466. The molecule has 2 aliphatic heterocycles. The fraction of sp³-hybridized carbons (Fsp3) is 0.684. The first-order chi connectivity index (χ1) is 11.5. The lowest BCUT2D eigenvalue weighted by atomic mass is 9.95. The zero-order chi connectivity index (χ0) is 17.2. The van der Waals surface area contributed by atoms with Crippen LogP contribution >= 0.6 is 0 Å². The largest absolute Gasteiger partial charge is 0.444 e. The number of piperidine rings is 1. The van der Waals surface area contributed by atoms with Gasteiger partial charge in [-0.05, 0) is 58.9 Å². The van der Waals surface area contributed by atoms with Crippen LogP contribution < -0.4 is 4.90 Å². The lowest BCUT2D eigenvalue weighted by Gasteiger charge is -2.38. The Morgan fingerprint density at radius 2 is 1.88 bits per heavy atom. The number of amides is 1. The maximum absolute atomic E-state index is 12.7. The van der Waals surface area contributed by atoms with E-state index in [1.165, 1.54) is 18.4 Å². The SMILES string of the molecule is CC(C)(C)OC(=O)N1CCCC[C@H]1c1cccnc1N1CCCC1. The molecule has 132 valence electrons. The highest BCUT2D eigenvalue weighted by Crippen LogP contribution is 2.37. The predicted octanol–water partition coefficient (Wildman–Crippen LogP) is 4.14. The van der Waals surface area contributed by atoms with Gasteiger partial charge in [-0.25, -0.2) is 9.78 Å². The van der Waals surface area contributed by atoms with E-state index in [1.54, 1.807) is 0 Å². The van der Waals surface area contributed by atoms with Crippen LogP contribution in [0, 0.1) is 0 Å². The highest BCUT2D eigenvalue weighted by atomic mass is 16.6. The summed E-state index contributed by atoms with van der Waals surface area (Å²) in [5, 5.41) is 0. The van der Waals surface area contributed by atoms with Crippen LogP contribution in [0.5, 0.6) is 0 Å². The first-order valence-electron chi connectivity index (χ1n) is 9.15. The van der Waals surface area contributed by atoms with Crippen molar-refractivity contribution in [2.24, 2.45) is 0 Å². The number of hydrogen-bond acceptors (Lipinski definition) is 4. The Balaban J connectivity index is 1.87. The second-order valence-electron chi connectivity index (χ2n) is 7.80. The first-order valence-corrected chi connectivity index (χ1v) is 9.15. The molecular formula is C19H29N3O2. The van der Waals surface area contributed by atoms with Gasteiger partial charge in [-0.2, -0.15) is 0 Å². The molecule has 1 aromatic heterocycles. The van der Waals surface area contributed by atoms with E-state index in [2.05, 4.69) is 16.0 Å². The van der Waals surface area contributed by atoms with Crippen molar-refractivity contribution in [1.82, 2.24) is 9.88 Å². The van der Waals surface area contributed by atoms with Crippen molar-refractivity contribution in [3.8, 4) is 0 Å². The van der Waals surface area contributed by atoms with E-state index in [0.29, 0.717) is 0 Å². The molecule has 0 saturated carbocycles. The topological polar surface area (TPSA) is 45.7 Å². The number of carbonyl (C=O) groups is 1. The van der Waals surface area contributed by atoms with Crippen LogP contribution in [-0.2, 0) is 4.74 Å². The normalized spacial score (nSPS) is 21.9. The summed E-state index contributed by atoms with van der Waals surface area (Å²) in [5.74, 6) is 1.05. The third-order valence-corrected chi connectivity index (χ3v) is 4.71. The number of rotatable bonds is 2. The summed E-state index contributed by atoms with van der Waals surface area (Å²) in [6.07, 6.45) is 7.24. The van der Waals surface area contributed by atoms with Crippen molar-refractivity contribution in [2.75, 3.05) is 24.5 Å². The summed E-state index contributed by atoms with van der Waals surface area (Å²) in [4.78, 5) is 21.6. The molecule has 0 unspecified atom stereocenters. The van der Waals surface area contributed by atoms with Crippen molar-refractivity contribution >= 4 is 11.9 Å². The molecule has 0 aliphatic carbocycles. The monoisotopic (exact) mass is 331 g/mol. The van der Waals surface area contributed by atoms with Crippen LogP contribution in [0.1, 0.15) is 64.5 Å². The molecule has 1 amide bonds. The van der Waals surface area contributed by atoms with E-state index in [1.807, 2.05) is 37.9 Å². The summed E-state index contributed by atoms with van der Waals surface area (Å²) in [5.41, 5.74) is 0.705. The summed E-state index contributed by atoms with van der Waals surface area (Å²) in [6.45, 7) is 8.64. The van der Waals surface area contributed by atoms with Crippen molar-refractivity contribution < 1.29 is 9.53 Å². The van der Waals surface area contributed by atoms with Gasteiger partial charge >= 0.3 is 6.09 Å². The average molecular weight is 331 g/mol. The molecule has 0 radical (unpaired) electrons. The molecule has 0 spiro atoms. The second-order valence-corrected chi connectivity index (χ2v) is 7.80. The molecule has 3 heterocycles. The summed E-state index contributed by atoms with van der Waals surface area (Å²) < 4.78 is 5.65. The molecule has 1 atom stereocenters. The molecule has 3 rings (SSSR count). The number of likely N-dealkylation sites (tertiary alicyclic amines) is 1. The zero-order valence-corrected chi connectivity index (χ0v) is 15.1. The highest BCUT2D eigenvalue weighted by molar-refractivity contribution is 5.69. The van der Waals surface area contributed by atoms with Gasteiger partial charge in [0.2, 0.25) is 0 Å². The maximum Gasteiger partial charge on any atom is 0.410 e. The molecular weight excluding hydrogens is 302 g/mol. The second kappa shape index (κ2) is 6.99. The van der Waals surface area contributed by atoms with Crippen molar-refractivity contribution in [2.45, 2.75) is 64.5 Å². The Bertz CT molecular complexity index is 576. The fourth-order valence-corrected chi connectivity index (χ4v) is 3.66. The van der Waals surface area contributed by atoms with Crippen LogP contribution in [-0.4, -0.2) is 41.2 Å². The Labute approximate surface area is 145 Å². The number of anilines is 1. The standard InChI is InChI=1S/C19H29N3O2/c1-19(2,3)24-18(23)22-14-5-4-10-16(22)15-9-8-11-20-17(15)21-12-6-7-13-21/h8-9,11,16H,4-7,10,12-14H2,1-3H3/t16-/m0/s1. The number of aromatic nitrogens is 1. The number of nitrogens with zero attached hydrogens (tertiary/aromatic N) is 3. The van der Waals surface area contributed by atoms with Crippen molar-refractivity contribution in [1.29, 1.82) is 0 Å². The van der Waals surface area contributed by atoms with Crippen LogP contribution in [0.15, 0.2) is 18.3 Å². The minimum absolute atomic E-state index is 0.0675.